The van der Waals surface area contributed by atoms with Crippen LogP contribution in [0.5, 0.6) is 0 Å². The first-order chi connectivity index (χ1) is 16.5. The molecule has 1 aliphatic heterocycles. The maximum absolute atomic E-state index is 6.36. The predicted molar refractivity (Wildman–Crippen MR) is 144 cm³/mol. The quantitative estimate of drug-likeness (QED) is 0.316. The molecule has 2 aliphatic rings. The molecule has 2 N–H and O–H groups in total. The van der Waals surface area contributed by atoms with Gasteiger partial charge in [0.15, 0.2) is 5.11 Å². The van der Waals surface area contributed by atoms with Gasteiger partial charge in [-0.2, -0.15) is 4.98 Å². The number of anilines is 2. The molecule has 8 heteroatoms. The third-order valence-electron chi connectivity index (χ3n) is 6.97. The average Bonchev–Trinajstić information content (AvgIpc) is 3.33. The van der Waals surface area contributed by atoms with E-state index in [1.54, 1.807) is 0 Å². The van der Waals surface area contributed by atoms with Crippen LogP contribution < -0.4 is 15.5 Å². The van der Waals surface area contributed by atoms with Crippen molar-refractivity contribution in [3.05, 3.63) is 81.5 Å². The Kier molecular flexibility index (Phi) is 6.91. The van der Waals surface area contributed by atoms with Crippen LogP contribution in [0.3, 0.4) is 0 Å². The molecule has 5 nitrogen and oxygen atoms in total. The van der Waals surface area contributed by atoms with Gasteiger partial charge in [0, 0.05) is 36.1 Å². The fraction of sp³-hybridized carbons (Fsp3) is 0.346. The fourth-order valence-electron chi connectivity index (χ4n) is 5.13. The van der Waals surface area contributed by atoms with Gasteiger partial charge in [-0.15, -0.1) is 0 Å². The maximum Gasteiger partial charge on any atom is 0.232 e. The highest BCUT2D eigenvalue weighted by Crippen LogP contribution is 2.41. The van der Waals surface area contributed by atoms with Crippen LogP contribution in [0.2, 0.25) is 10.2 Å². The van der Waals surface area contributed by atoms with E-state index in [0.717, 1.165) is 49.7 Å². The Balaban J connectivity index is 1.26. The van der Waals surface area contributed by atoms with Crippen molar-refractivity contribution in [2.45, 2.75) is 44.1 Å². The van der Waals surface area contributed by atoms with E-state index < -0.39 is 0 Å². The molecular formula is C26H27Cl2N5S. The van der Waals surface area contributed by atoms with E-state index in [1.165, 1.54) is 29.5 Å². The Hall–Kier alpha value is -2.41. The van der Waals surface area contributed by atoms with Gasteiger partial charge in [0.2, 0.25) is 5.95 Å². The van der Waals surface area contributed by atoms with Crippen molar-refractivity contribution >= 4 is 52.3 Å². The van der Waals surface area contributed by atoms with Crippen LogP contribution >= 0.6 is 35.4 Å². The molecule has 1 aromatic heterocycles. The zero-order valence-corrected chi connectivity index (χ0v) is 21.2. The number of nitrogens with one attached hydrogen (secondary N) is 2. The SMILES string of the molecule is S=C(NCC1(c2ccc(Cl)cc2)CCCC1)Nc1nc(Cl)cc(N2CCc3ccccc3C2)n1. The van der Waals surface area contributed by atoms with Crippen LogP contribution in [0.15, 0.2) is 54.6 Å². The minimum atomic E-state index is 0.0534. The number of hydrogen-bond donors (Lipinski definition) is 2. The highest BCUT2D eigenvalue weighted by atomic mass is 35.5. The third-order valence-corrected chi connectivity index (χ3v) is 7.66. The van der Waals surface area contributed by atoms with Gasteiger partial charge in [-0.05, 0) is 60.3 Å². The highest BCUT2D eigenvalue weighted by molar-refractivity contribution is 7.80. The zero-order chi connectivity index (χ0) is 23.5. The van der Waals surface area contributed by atoms with Gasteiger partial charge in [-0.25, -0.2) is 4.98 Å². The van der Waals surface area contributed by atoms with Crippen molar-refractivity contribution in [3.63, 3.8) is 0 Å². The molecule has 0 saturated heterocycles. The second kappa shape index (κ2) is 10.1. The third kappa shape index (κ3) is 5.14. The molecule has 2 heterocycles. The van der Waals surface area contributed by atoms with E-state index in [9.17, 15) is 0 Å². The van der Waals surface area contributed by atoms with Gasteiger partial charge in [-0.3, -0.25) is 0 Å². The Morgan fingerprint density at radius 2 is 1.74 bits per heavy atom. The van der Waals surface area contributed by atoms with Crippen molar-refractivity contribution < 1.29 is 0 Å². The number of nitrogens with zero attached hydrogens (tertiary/aromatic N) is 3. The number of halogens is 2. The van der Waals surface area contributed by atoms with Crippen LogP contribution in [0.1, 0.15) is 42.4 Å². The minimum absolute atomic E-state index is 0.0534. The number of benzene rings is 2. The number of rotatable bonds is 5. The average molecular weight is 513 g/mol. The van der Waals surface area contributed by atoms with Gasteiger partial charge < -0.3 is 15.5 Å². The summed E-state index contributed by atoms with van der Waals surface area (Å²) in [7, 11) is 0. The summed E-state index contributed by atoms with van der Waals surface area (Å²) in [6, 6.07) is 18.5. The van der Waals surface area contributed by atoms with Crippen LogP contribution in [0.25, 0.3) is 0 Å². The first kappa shape index (κ1) is 23.3. The van der Waals surface area contributed by atoms with E-state index in [1.807, 2.05) is 18.2 Å². The standard InChI is InChI=1S/C26H27Cl2N5S/c27-21-9-7-20(8-10-21)26(12-3-4-13-26)17-29-25(34)32-24-30-22(28)15-23(31-24)33-14-11-18-5-1-2-6-19(18)16-33/h1-2,5-10,15H,3-4,11-14,16-17H2,(H2,29,30,31,32,34). The smallest absolute Gasteiger partial charge is 0.232 e. The Bertz CT molecular complexity index is 1180. The summed E-state index contributed by atoms with van der Waals surface area (Å²) in [6.45, 7) is 2.43. The monoisotopic (exact) mass is 511 g/mol. The van der Waals surface area contributed by atoms with Crippen molar-refractivity contribution in [2.24, 2.45) is 0 Å². The lowest BCUT2D eigenvalue weighted by atomic mass is 9.79. The topological polar surface area (TPSA) is 53.1 Å². The predicted octanol–water partition coefficient (Wildman–Crippen LogP) is 6.14. The molecule has 0 atom stereocenters. The van der Waals surface area contributed by atoms with Gasteiger partial charge in [0.05, 0.1) is 0 Å². The largest absolute Gasteiger partial charge is 0.361 e. The van der Waals surface area contributed by atoms with E-state index >= 15 is 0 Å². The lowest BCUT2D eigenvalue weighted by Gasteiger charge is -2.31. The highest BCUT2D eigenvalue weighted by Gasteiger charge is 2.35. The summed E-state index contributed by atoms with van der Waals surface area (Å²) >= 11 is 18.1. The van der Waals surface area contributed by atoms with Gasteiger partial charge >= 0.3 is 0 Å². The molecule has 176 valence electrons. The first-order valence-corrected chi connectivity index (χ1v) is 12.8. The molecule has 1 aliphatic carbocycles. The molecule has 0 unspecified atom stereocenters. The summed E-state index contributed by atoms with van der Waals surface area (Å²) in [5, 5.41) is 8.20. The van der Waals surface area contributed by atoms with E-state index in [4.69, 9.17) is 40.4 Å². The number of fused-ring (bicyclic) bond motifs is 1. The van der Waals surface area contributed by atoms with Crippen LogP contribution in [0.4, 0.5) is 11.8 Å². The van der Waals surface area contributed by atoms with Crippen molar-refractivity contribution in [1.29, 1.82) is 0 Å². The Morgan fingerprint density at radius 1 is 1.00 bits per heavy atom. The van der Waals surface area contributed by atoms with E-state index in [0.29, 0.717) is 16.2 Å². The molecule has 1 fully saturated rings. The summed E-state index contributed by atoms with van der Waals surface area (Å²) in [5.74, 6) is 1.21. The maximum atomic E-state index is 6.36. The summed E-state index contributed by atoms with van der Waals surface area (Å²) in [5.41, 5.74) is 4.07. The number of hydrogen-bond acceptors (Lipinski definition) is 4. The molecule has 5 rings (SSSR count). The zero-order valence-electron chi connectivity index (χ0n) is 18.9. The first-order valence-electron chi connectivity index (χ1n) is 11.7. The van der Waals surface area contributed by atoms with Crippen LogP contribution in [-0.2, 0) is 18.4 Å². The minimum Gasteiger partial charge on any atom is -0.361 e. The lowest BCUT2D eigenvalue weighted by Crippen LogP contribution is -2.41. The second-order valence-electron chi connectivity index (χ2n) is 9.11. The van der Waals surface area contributed by atoms with Gasteiger partial charge in [0.1, 0.15) is 11.0 Å². The van der Waals surface area contributed by atoms with E-state index in [2.05, 4.69) is 56.9 Å². The molecule has 34 heavy (non-hydrogen) atoms. The summed E-state index contributed by atoms with van der Waals surface area (Å²) in [4.78, 5) is 11.3. The normalized spacial score (nSPS) is 16.7. The molecule has 2 aromatic carbocycles. The lowest BCUT2D eigenvalue weighted by molar-refractivity contribution is 0.435. The molecule has 0 spiro atoms. The molecular weight excluding hydrogens is 485 g/mol. The van der Waals surface area contributed by atoms with Crippen molar-refractivity contribution in [2.75, 3.05) is 23.3 Å². The number of aromatic nitrogens is 2. The van der Waals surface area contributed by atoms with Crippen molar-refractivity contribution in [1.82, 2.24) is 15.3 Å². The Morgan fingerprint density at radius 3 is 2.50 bits per heavy atom. The van der Waals surface area contributed by atoms with Gasteiger partial charge in [0.25, 0.3) is 0 Å². The van der Waals surface area contributed by atoms with Crippen LogP contribution in [-0.4, -0.2) is 28.2 Å². The molecule has 1 saturated carbocycles. The molecule has 3 aromatic rings. The number of thiocarbonyl (C=S) groups is 1. The Labute approximate surface area is 215 Å². The van der Waals surface area contributed by atoms with Crippen LogP contribution in [0, 0.1) is 0 Å². The summed E-state index contributed by atoms with van der Waals surface area (Å²) in [6.07, 6.45) is 5.65. The molecule has 0 amide bonds. The molecule has 0 bridgehead atoms. The summed E-state index contributed by atoms with van der Waals surface area (Å²) < 4.78 is 0. The van der Waals surface area contributed by atoms with E-state index in [-0.39, 0.29) is 5.41 Å². The van der Waals surface area contributed by atoms with Crippen molar-refractivity contribution in [3.8, 4) is 0 Å². The second-order valence-corrected chi connectivity index (χ2v) is 10.3. The fourth-order valence-corrected chi connectivity index (χ4v) is 5.60. The molecule has 0 radical (unpaired) electrons. The van der Waals surface area contributed by atoms with Gasteiger partial charge in [-0.1, -0.05) is 72.4 Å².